The number of aromatic nitrogens is 3. The second-order valence-electron chi connectivity index (χ2n) is 9.01. The third-order valence-corrected chi connectivity index (χ3v) is 6.84. The molecule has 186 valence electrons. The predicted octanol–water partition coefficient (Wildman–Crippen LogP) is 5.26. The number of nitriles is 1. The van der Waals surface area contributed by atoms with E-state index in [0.717, 1.165) is 27.6 Å². The van der Waals surface area contributed by atoms with Crippen LogP contribution in [-0.2, 0) is 0 Å². The first-order valence-corrected chi connectivity index (χ1v) is 12.0. The molecule has 1 unspecified atom stereocenters. The molecule has 1 atom stereocenters. The van der Waals surface area contributed by atoms with E-state index in [4.69, 9.17) is 15.2 Å². The van der Waals surface area contributed by atoms with Crippen LogP contribution in [0.4, 0.5) is 0 Å². The fraction of sp³-hybridized carbons (Fsp3) is 0.100. The van der Waals surface area contributed by atoms with Crippen molar-refractivity contribution in [2.24, 2.45) is 5.73 Å². The van der Waals surface area contributed by atoms with E-state index in [1.165, 1.54) is 4.68 Å². The van der Waals surface area contributed by atoms with Crippen molar-refractivity contribution >= 4 is 16.8 Å². The summed E-state index contributed by atoms with van der Waals surface area (Å²) >= 11 is 0. The Morgan fingerprint density at radius 2 is 1.82 bits per heavy atom. The van der Waals surface area contributed by atoms with Crippen LogP contribution in [0, 0.1) is 18.3 Å². The fourth-order valence-electron chi connectivity index (χ4n) is 5.10. The smallest absolute Gasteiger partial charge is 0.298 e. The zero-order valence-corrected chi connectivity index (χ0v) is 20.7. The molecule has 3 aromatic carbocycles. The van der Waals surface area contributed by atoms with E-state index in [0.29, 0.717) is 22.7 Å². The Morgan fingerprint density at radius 1 is 1.11 bits per heavy atom. The Kier molecular flexibility index (Phi) is 5.47. The number of allylic oxidation sites excluding steroid dienone is 1. The molecule has 0 spiro atoms. The lowest BCUT2D eigenvalue weighted by Crippen LogP contribution is -2.24. The Hall–Kier alpha value is -5.29. The summed E-state index contributed by atoms with van der Waals surface area (Å²) < 4.78 is 12.6. The van der Waals surface area contributed by atoms with Gasteiger partial charge >= 0.3 is 0 Å². The van der Waals surface area contributed by atoms with Gasteiger partial charge in [-0.2, -0.15) is 15.0 Å². The minimum Gasteiger partial charge on any atom is -0.497 e. The SMILES string of the molecule is COc1ccc2[nH]c(C(=O)n3nc(C)c4c3OC(N)=C(C#N)C4c3ccccc3)c(-c3ccccc3)c2c1. The van der Waals surface area contributed by atoms with Gasteiger partial charge in [-0.1, -0.05) is 60.7 Å². The van der Waals surface area contributed by atoms with Crippen LogP contribution in [0.2, 0.25) is 0 Å². The summed E-state index contributed by atoms with van der Waals surface area (Å²) in [5.74, 6) is -0.0907. The fourth-order valence-corrected chi connectivity index (χ4v) is 5.10. The topological polar surface area (TPSA) is 119 Å². The molecule has 0 fully saturated rings. The highest BCUT2D eigenvalue weighted by atomic mass is 16.5. The van der Waals surface area contributed by atoms with Crippen LogP contribution in [0.15, 0.2) is 90.3 Å². The summed E-state index contributed by atoms with van der Waals surface area (Å²) in [5, 5.41) is 15.3. The molecule has 0 radical (unpaired) electrons. The van der Waals surface area contributed by atoms with Gasteiger partial charge in [0.1, 0.15) is 23.1 Å². The molecule has 38 heavy (non-hydrogen) atoms. The molecule has 0 bridgehead atoms. The lowest BCUT2D eigenvalue weighted by Gasteiger charge is -2.24. The predicted molar refractivity (Wildman–Crippen MR) is 143 cm³/mol. The van der Waals surface area contributed by atoms with Crippen LogP contribution >= 0.6 is 0 Å². The van der Waals surface area contributed by atoms with Crippen LogP contribution < -0.4 is 15.2 Å². The highest BCUT2D eigenvalue weighted by Crippen LogP contribution is 2.44. The number of H-pyrrole nitrogens is 1. The Labute approximate surface area is 218 Å². The van der Waals surface area contributed by atoms with E-state index in [-0.39, 0.29) is 17.3 Å². The van der Waals surface area contributed by atoms with Crippen molar-refractivity contribution in [3.8, 4) is 28.8 Å². The van der Waals surface area contributed by atoms with Gasteiger partial charge in [-0.05, 0) is 36.2 Å². The normalized spacial score (nSPS) is 14.6. The van der Waals surface area contributed by atoms with Crippen molar-refractivity contribution in [1.82, 2.24) is 14.8 Å². The van der Waals surface area contributed by atoms with Crippen molar-refractivity contribution in [2.45, 2.75) is 12.8 Å². The average molecular weight is 502 g/mol. The summed E-state index contributed by atoms with van der Waals surface area (Å²) in [5.41, 5.74) is 11.3. The zero-order chi connectivity index (χ0) is 26.4. The second kappa shape index (κ2) is 8.98. The first-order valence-electron chi connectivity index (χ1n) is 12.0. The first-order chi connectivity index (χ1) is 18.5. The number of methoxy groups -OCH3 is 1. The van der Waals surface area contributed by atoms with Crippen LogP contribution in [0.1, 0.15) is 33.2 Å². The molecule has 2 aromatic heterocycles. The Balaban J connectivity index is 1.56. The molecule has 5 aromatic rings. The number of carbonyl (C=O) groups is 1. The zero-order valence-electron chi connectivity index (χ0n) is 20.7. The number of ether oxygens (including phenoxy) is 2. The first kappa shape index (κ1) is 23.1. The number of carbonyl (C=O) groups excluding carboxylic acids is 1. The second-order valence-corrected chi connectivity index (χ2v) is 9.01. The molecule has 0 saturated carbocycles. The van der Waals surface area contributed by atoms with Crippen molar-refractivity contribution in [1.29, 1.82) is 5.26 Å². The van der Waals surface area contributed by atoms with E-state index < -0.39 is 11.8 Å². The minimum atomic E-state index is -0.507. The molecule has 6 rings (SSSR count). The maximum absolute atomic E-state index is 14.2. The van der Waals surface area contributed by atoms with Crippen molar-refractivity contribution in [3.63, 3.8) is 0 Å². The number of benzene rings is 3. The Morgan fingerprint density at radius 3 is 2.50 bits per heavy atom. The standard InChI is InChI=1S/C30H23N5O3/c1-17-24-25(18-9-5-3-6-10-18)22(16-31)28(32)38-30(24)35(34-17)29(36)27-26(19-11-7-4-8-12-19)21-15-20(37-2)13-14-23(21)33-27/h3-15,25,33H,32H2,1-2H3. The summed E-state index contributed by atoms with van der Waals surface area (Å²) in [4.78, 5) is 17.5. The third kappa shape index (κ3) is 3.52. The van der Waals surface area contributed by atoms with Crippen molar-refractivity contribution in [3.05, 3.63) is 113 Å². The van der Waals surface area contributed by atoms with Gasteiger partial charge in [0, 0.05) is 16.5 Å². The molecule has 0 aliphatic carbocycles. The molecular weight excluding hydrogens is 478 g/mol. The number of rotatable bonds is 4. The van der Waals surface area contributed by atoms with Gasteiger partial charge in [-0.3, -0.25) is 4.79 Å². The van der Waals surface area contributed by atoms with Gasteiger partial charge in [0.25, 0.3) is 5.91 Å². The van der Waals surface area contributed by atoms with Crippen LogP contribution in [0.3, 0.4) is 0 Å². The highest BCUT2D eigenvalue weighted by molar-refractivity contribution is 6.10. The summed E-state index contributed by atoms with van der Waals surface area (Å²) in [6.45, 7) is 1.80. The van der Waals surface area contributed by atoms with Gasteiger partial charge in [-0.15, -0.1) is 0 Å². The molecule has 0 saturated heterocycles. The lowest BCUT2D eigenvalue weighted by molar-refractivity contribution is 0.0930. The molecule has 1 aliphatic heterocycles. The number of nitrogens with zero attached hydrogens (tertiary/aromatic N) is 3. The molecule has 1 aliphatic rings. The van der Waals surface area contributed by atoms with Gasteiger partial charge in [0.15, 0.2) is 0 Å². The quantitative estimate of drug-likeness (QED) is 0.347. The number of aromatic amines is 1. The number of nitrogens with two attached hydrogens (primary N) is 1. The van der Waals surface area contributed by atoms with Crippen LogP contribution in [0.5, 0.6) is 11.6 Å². The van der Waals surface area contributed by atoms with Gasteiger partial charge in [-0.25, -0.2) is 0 Å². The lowest BCUT2D eigenvalue weighted by atomic mass is 9.84. The van der Waals surface area contributed by atoms with Crippen LogP contribution in [0.25, 0.3) is 22.0 Å². The average Bonchev–Trinajstić information content (AvgIpc) is 3.50. The summed E-state index contributed by atoms with van der Waals surface area (Å²) in [7, 11) is 1.61. The summed E-state index contributed by atoms with van der Waals surface area (Å²) in [6, 6.07) is 27.0. The monoisotopic (exact) mass is 501 g/mol. The molecule has 3 heterocycles. The maximum atomic E-state index is 14.2. The maximum Gasteiger partial charge on any atom is 0.298 e. The summed E-state index contributed by atoms with van der Waals surface area (Å²) in [6.07, 6.45) is 0. The minimum absolute atomic E-state index is 0.0486. The largest absolute Gasteiger partial charge is 0.497 e. The number of hydrogen-bond acceptors (Lipinski definition) is 6. The van der Waals surface area contributed by atoms with E-state index in [9.17, 15) is 10.1 Å². The van der Waals surface area contributed by atoms with E-state index in [2.05, 4.69) is 16.2 Å². The molecule has 3 N–H and O–H groups in total. The number of hydrogen-bond donors (Lipinski definition) is 2. The van der Waals surface area contributed by atoms with Gasteiger partial charge in [0.05, 0.1) is 24.3 Å². The van der Waals surface area contributed by atoms with Gasteiger partial charge in [0.2, 0.25) is 11.8 Å². The number of nitrogens with one attached hydrogen (secondary N) is 1. The van der Waals surface area contributed by atoms with Crippen molar-refractivity contribution < 1.29 is 14.3 Å². The molecule has 8 heteroatoms. The van der Waals surface area contributed by atoms with E-state index in [1.54, 1.807) is 14.0 Å². The van der Waals surface area contributed by atoms with Gasteiger partial charge < -0.3 is 20.2 Å². The number of fused-ring (bicyclic) bond motifs is 2. The van der Waals surface area contributed by atoms with E-state index in [1.807, 2.05) is 78.9 Å². The van der Waals surface area contributed by atoms with E-state index >= 15 is 0 Å². The molecule has 8 nitrogen and oxygen atoms in total. The van der Waals surface area contributed by atoms with Crippen molar-refractivity contribution in [2.75, 3.05) is 7.11 Å². The van der Waals surface area contributed by atoms with Crippen LogP contribution in [-0.4, -0.2) is 27.8 Å². The third-order valence-electron chi connectivity index (χ3n) is 6.84. The highest BCUT2D eigenvalue weighted by Gasteiger charge is 2.37. The molecule has 0 amide bonds. The molecular formula is C30H23N5O3. The number of aryl methyl sites for hydroxylation is 1. The Bertz CT molecular complexity index is 1780.